The summed E-state index contributed by atoms with van der Waals surface area (Å²) in [4.78, 5) is 25.4. The highest BCUT2D eigenvalue weighted by molar-refractivity contribution is 6.00. The van der Waals surface area contributed by atoms with Gasteiger partial charge in [0.15, 0.2) is 5.78 Å². The maximum Gasteiger partial charge on any atom is 0.230 e. The molecule has 0 saturated carbocycles. The molecule has 5 nitrogen and oxygen atoms in total. The van der Waals surface area contributed by atoms with Crippen LogP contribution < -0.4 is 10.6 Å². The van der Waals surface area contributed by atoms with Gasteiger partial charge in [0.05, 0.1) is 12.5 Å². The Labute approximate surface area is 95.6 Å². The van der Waals surface area contributed by atoms with Crippen molar-refractivity contribution in [3.05, 3.63) is 0 Å². The molecule has 0 aromatic rings. The second-order valence-electron chi connectivity index (χ2n) is 4.44. The van der Waals surface area contributed by atoms with Gasteiger partial charge < -0.3 is 15.5 Å². The van der Waals surface area contributed by atoms with E-state index in [-0.39, 0.29) is 24.2 Å². The smallest absolute Gasteiger partial charge is 0.230 e. The van der Waals surface area contributed by atoms with Crippen molar-refractivity contribution in [3.8, 4) is 0 Å². The Bertz CT molecular complexity index is 268. The summed E-state index contributed by atoms with van der Waals surface area (Å²) < 4.78 is 0. The van der Waals surface area contributed by atoms with E-state index < -0.39 is 0 Å². The van der Waals surface area contributed by atoms with Crippen LogP contribution in [0.4, 0.5) is 0 Å². The summed E-state index contributed by atoms with van der Waals surface area (Å²) in [7, 11) is 0. The van der Waals surface area contributed by atoms with Crippen LogP contribution in [-0.4, -0.2) is 55.4 Å². The van der Waals surface area contributed by atoms with Gasteiger partial charge in [0.1, 0.15) is 0 Å². The molecule has 1 unspecified atom stereocenters. The quantitative estimate of drug-likeness (QED) is 0.613. The summed E-state index contributed by atoms with van der Waals surface area (Å²) in [5.74, 6) is 0.0129. The lowest BCUT2D eigenvalue weighted by Gasteiger charge is -2.24. The van der Waals surface area contributed by atoms with Crippen molar-refractivity contribution < 1.29 is 9.59 Å². The molecule has 2 aliphatic rings. The molecule has 5 heteroatoms. The molecule has 0 bridgehead atoms. The first-order valence-corrected chi connectivity index (χ1v) is 6.02. The van der Waals surface area contributed by atoms with E-state index in [1.807, 2.05) is 0 Å². The van der Waals surface area contributed by atoms with Crippen molar-refractivity contribution in [2.75, 3.05) is 32.7 Å². The van der Waals surface area contributed by atoms with Crippen molar-refractivity contribution >= 4 is 11.7 Å². The minimum Gasteiger partial charge on any atom is -0.342 e. The van der Waals surface area contributed by atoms with E-state index in [2.05, 4.69) is 10.6 Å². The molecular formula is C11H19N3O2. The average molecular weight is 225 g/mol. The third kappa shape index (κ3) is 2.80. The number of ketones is 1. The lowest BCUT2D eigenvalue weighted by molar-refractivity contribution is -0.135. The van der Waals surface area contributed by atoms with Crippen molar-refractivity contribution in [2.24, 2.45) is 0 Å². The number of nitrogens with zero attached hydrogens (tertiary/aromatic N) is 1. The van der Waals surface area contributed by atoms with Gasteiger partial charge in [-0.25, -0.2) is 0 Å². The van der Waals surface area contributed by atoms with Crippen molar-refractivity contribution in [1.29, 1.82) is 0 Å². The molecule has 0 aliphatic carbocycles. The van der Waals surface area contributed by atoms with Gasteiger partial charge in [-0.1, -0.05) is 0 Å². The zero-order chi connectivity index (χ0) is 11.4. The van der Waals surface area contributed by atoms with Gasteiger partial charge in [-0.15, -0.1) is 0 Å². The first kappa shape index (κ1) is 11.5. The Hall–Kier alpha value is -0.940. The standard InChI is InChI=1S/C11H19N3O2/c15-10(9-8-12-3-4-13-9)7-11(16)14-5-1-2-6-14/h9,12-13H,1-8H2. The summed E-state index contributed by atoms with van der Waals surface area (Å²) in [6.07, 6.45) is 2.20. The van der Waals surface area contributed by atoms with Crippen LogP contribution >= 0.6 is 0 Å². The third-order valence-corrected chi connectivity index (χ3v) is 3.21. The molecule has 2 saturated heterocycles. The van der Waals surface area contributed by atoms with Gasteiger partial charge >= 0.3 is 0 Å². The van der Waals surface area contributed by atoms with Crippen molar-refractivity contribution in [2.45, 2.75) is 25.3 Å². The number of hydrogen-bond donors (Lipinski definition) is 2. The topological polar surface area (TPSA) is 61.4 Å². The van der Waals surface area contributed by atoms with E-state index in [1.165, 1.54) is 0 Å². The molecule has 2 aliphatic heterocycles. The fraction of sp³-hybridized carbons (Fsp3) is 0.818. The largest absolute Gasteiger partial charge is 0.342 e. The monoisotopic (exact) mass is 225 g/mol. The summed E-state index contributed by atoms with van der Waals surface area (Å²) in [5.41, 5.74) is 0. The number of rotatable bonds is 3. The molecule has 0 spiro atoms. The lowest BCUT2D eigenvalue weighted by Crippen LogP contribution is -2.53. The van der Waals surface area contributed by atoms with Gasteiger partial charge in [0.2, 0.25) is 5.91 Å². The molecule has 0 aromatic heterocycles. The Morgan fingerprint density at radius 2 is 1.94 bits per heavy atom. The summed E-state index contributed by atoms with van der Waals surface area (Å²) in [5, 5.41) is 6.28. The van der Waals surface area contributed by atoms with Crippen LogP contribution in [0.2, 0.25) is 0 Å². The predicted octanol–water partition coefficient (Wildman–Crippen LogP) is -0.871. The van der Waals surface area contributed by atoms with Crippen LogP contribution in [0.3, 0.4) is 0 Å². The highest BCUT2D eigenvalue weighted by atomic mass is 16.2. The predicted molar refractivity (Wildman–Crippen MR) is 60.1 cm³/mol. The molecule has 90 valence electrons. The second-order valence-corrected chi connectivity index (χ2v) is 4.44. The maximum atomic E-state index is 11.8. The Kier molecular flexibility index (Phi) is 3.90. The van der Waals surface area contributed by atoms with Crippen LogP contribution in [-0.2, 0) is 9.59 Å². The van der Waals surface area contributed by atoms with Crippen LogP contribution in [0, 0.1) is 0 Å². The molecule has 2 rings (SSSR count). The number of amides is 1. The highest BCUT2D eigenvalue weighted by Crippen LogP contribution is 2.09. The SMILES string of the molecule is O=C(CC(=O)N1CCCC1)C1CNCCN1. The number of carbonyl (C=O) groups excluding carboxylic acids is 2. The van der Waals surface area contributed by atoms with Crippen molar-refractivity contribution in [1.82, 2.24) is 15.5 Å². The molecule has 0 radical (unpaired) electrons. The summed E-state index contributed by atoms with van der Waals surface area (Å²) in [6.45, 7) is 3.98. The number of hydrogen-bond acceptors (Lipinski definition) is 4. The molecule has 2 N–H and O–H groups in total. The molecule has 1 amide bonds. The van der Waals surface area contributed by atoms with E-state index in [4.69, 9.17) is 0 Å². The number of Topliss-reactive ketones (excluding diaryl/α,β-unsaturated/α-hetero) is 1. The first-order chi connectivity index (χ1) is 7.77. The number of likely N-dealkylation sites (tertiary alicyclic amines) is 1. The van der Waals surface area contributed by atoms with Crippen LogP contribution in [0.15, 0.2) is 0 Å². The van der Waals surface area contributed by atoms with Gasteiger partial charge in [0, 0.05) is 32.7 Å². The molecule has 0 aromatic carbocycles. The minimum atomic E-state index is -0.180. The Morgan fingerprint density at radius 1 is 1.19 bits per heavy atom. The Balaban J connectivity index is 1.79. The highest BCUT2D eigenvalue weighted by Gasteiger charge is 2.25. The molecule has 16 heavy (non-hydrogen) atoms. The first-order valence-electron chi connectivity index (χ1n) is 6.02. The van der Waals surface area contributed by atoms with Crippen LogP contribution in [0.25, 0.3) is 0 Å². The minimum absolute atomic E-state index is 0.00475. The van der Waals surface area contributed by atoms with Crippen LogP contribution in [0.1, 0.15) is 19.3 Å². The molecule has 2 fully saturated rings. The van der Waals surface area contributed by atoms with Gasteiger partial charge in [-0.3, -0.25) is 9.59 Å². The zero-order valence-corrected chi connectivity index (χ0v) is 9.50. The second kappa shape index (κ2) is 5.41. The molecular weight excluding hydrogens is 206 g/mol. The fourth-order valence-electron chi connectivity index (χ4n) is 2.23. The number of carbonyl (C=O) groups is 2. The van der Waals surface area contributed by atoms with E-state index >= 15 is 0 Å². The van der Waals surface area contributed by atoms with E-state index in [0.29, 0.717) is 6.54 Å². The number of nitrogens with one attached hydrogen (secondary N) is 2. The molecule has 2 heterocycles. The van der Waals surface area contributed by atoms with Gasteiger partial charge in [-0.05, 0) is 12.8 Å². The van der Waals surface area contributed by atoms with E-state index in [0.717, 1.165) is 39.0 Å². The van der Waals surface area contributed by atoms with Crippen molar-refractivity contribution in [3.63, 3.8) is 0 Å². The fourth-order valence-corrected chi connectivity index (χ4v) is 2.23. The molecule has 1 atom stereocenters. The van der Waals surface area contributed by atoms with Gasteiger partial charge in [0.25, 0.3) is 0 Å². The normalized spacial score (nSPS) is 25.8. The third-order valence-electron chi connectivity index (χ3n) is 3.21. The average Bonchev–Trinajstić information content (AvgIpc) is 2.83. The van der Waals surface area contributed by atoms with Gasteiger partial charge in [-0.2, -0.15) is 0 Å². The Morgan fingerprint density at radius 3 is 2.56 bits per heavy atom. The summed E-state index contributed by atoms with van der Waals surface area (Å²) >= 11 is 0. The van der Waals surface area contributed by atoms with E-state index in [9.17, 15) is 9.59 Å². The lowest BCUT2D eigenvalue weighted by atomic mass is 10.1. The summed E-state index contributed by atoms with van der Waals surface area (Å²) in [6, 6.07) is -0.180. The zero-order valence-electron chi connectivity index (χ0n) is 9.50. The number of piperazine rings is 1. The van der Waals surface area contributed by atoms with E-state index in [1.54, 1.807) is 4.90 Å². The maximum absolute atomic E-state index is 11.8. The van der Waals surface area contributed by atoms with Crippen LogP contribution in [0.5, 0.6) is 0 Å².